The van der Waals surface area contributed by atoms with E-state index in [4.69, 9.17) is 9.47 Å². The third-order valence-electron chi connectivity index (χ3n) is 4.88. The highest BCUT2D eigenvalue weighted by molar-refractivity contribution is 7.22. The molecule has 1 radical (unpaired) electrons. The molecule has 0 unspecified atom stereocenters. The first-order chi connectivity index (χ1) is 13.2. The molecule has 0 spiro atoms. The molecule has 1 fully saturated rings. The van der Waals surface area contributed by atoms with E-state index in [2.05, 4.69) is 15.2 Å². The number of benzene rings is 2. The number of fused-ring (bicyclic) bond motifs is 1. The van der Waals surface area contributed by atoms with Crippen molar-refractivity contribution >= 4 is 32.4 Å². The number of methoxy groups -OCH3 is 2. The van der Waals surface area contributed by atoms with E-state index >= 15 is 0 Å². The molecule has 4 rings (SSSR count). The van der Waals surface area contributed by atoms with Crippen LogP contribution in [0.25, 0.3) is 10.2 Å². The highest BCUT2D eigenvalue weighted by Gasteiger charge is 2.23. The van der Waals surface area contributed by atoms with Crippen LogP contribution < -0.4 is 19.7 Å². The maximum absolute atomic E-state index is 11.5. The van der Waals surface area contributed by atoms with Crippen LogP contribution in [0.1, 0.15) is 12.8 Å². The van der Waals surface area contributed by atoms with Crippen LogP contribution in [0.2, 0.25) is 0 Å². The van der Waals surface area contributed by atoms with E-state index in [-0.39, 0.29) is 5.75 Å². The van der Waals surface area contributed by atoms with Gasteiger partial charge in [0, 0.05) is 25.2 Å². The molecule has 1 N–H and O–H groups in total. The Morgan fingerprint density at radius 3 is 2.70 bits per heavy atom. The minimum absolute atomic E-state index is 0.00879. The Hall–Kier alpha value is -2.67. The number of anilines is 2. The van der Waals surface area contributed by atoms with E-state index in [0.29, 0.717) is 6.04 Å². The highest BCUT2D eigenvalue weighted by atomic mass is 32.1. The summed E-state index contributed by atoms with van der Waals surface area (Å²) in [5.74, 6) is 1.48. The van der Waals surface area contributed by atoms with Crippen molar-refractivity contribution in [1.82, 2.24) is 4.98 Å². The van der Waals surface area contributed by atoms with Gasteiger partial charge in [0.2, 0.25) is 0 Å². The number of nitrogens with one attached hydrogen (secondary N) is 1. The second-order valence-electron chi connectivity index (χ2n) is 6.57. The lowest BCUT2D eigenvalue weighted by molar-refractivity contribution is 0.355. The summed E-state index contributed by atoms with van der Waals surface area (Å²) < 4.78 is 11.9. The zero-order valence-electron chi connectivity index (χ0n) is 15.4. The summed E-state index contributed by atoms with van der Waals surface area (Å²) >= 11 is 1.65. The average molecular weight is 384 g/mol. The minimum atomic E-state index is 0.00879. The van der Waals surface area contributed by atoms with Gasteiger partial charge in [-0.05, 0) is 37.1 Å². The average Bonchev–Trinajstić information content (AvgIpc) is 3.11. The van der Waals surface area contributed by atoms with Crippen LogP contribution in [0.4, 0.5) is 10.8 Å². The van der Waals surface area contributed by atoms with Crippen LogP contribution in [0.5, 0.6) is 17.2 Å². The van der Waals surface area contributed by atoms with Gasteiger partial charge in [0.05, 0.1) is 30.1 Å². The Morgan fingerprint density at radius 2 is 1.96 bits per heavy atom. The molecular weight excluding hydrogens is 362 g/mol. The lowest BCUT2D eigenvalue weighted by Gasteiger charge is -2.33. The van der Waals surface area contributed by atoms with Gasteiger partial charge in [0.1, 0.15) is 0 Å². The fourth-order valence-electron chi connectivity index (χ4n) is 3.47. The van der Waals surface area contributed by atoms with E-state index in [1.54, 1.807) is 37.7 Å². The number of para-hydroxylation sites is 1. The van der Waals surface area contributed by atoms with Gasteiger partial charge >= 0.3 is 0 Å². The number of piperidine rings is 1. The number of rotatable bonds is 5. The van der Waals surface area contributed by atoms with Crippen molar-refractivity contribution in [2.45, 2.75) is 18.9 Å². The minimum Gasteiger partial charge on any atom is -0.493 e. The summed E-state index contributed by atoms with van der Waals surface area (Å²) in [5.41, 5.74) is 1.75. The number of aromatic nitrogens is 1. The maximum Gasteiger partial charge on any atom is 0.186 e. The third kappa shape index (κ3) is 3.60. The quantitative estimate of drug-likeness (QED) is 0.700. The molecule has 2 aromatic carbocycles. The molecule has 0 saturated carbocycles. The topological polar surface area (TPSA) is 66.5 Å². The van der Waals surface area contributed by atoms with E-state index in [1.165, 1.54) is 0 Å². The number of thiazole rings is 1. The van der Waals surface area contributed by atoms with Crippen molar-refractivity contribution in [3.63, 3.8) is 0 Å². The Morgan fingerprint density at radius 1 is 1.15 bits per heavy atom. The predicted molar refractivity (Wildman–Crippen MR) is 108 cm³/mol. The van der Waals surface area contributed by atoms with Crippen molar-refractivity contribution in [1.29, 1.82) is 0 Å². The highest BCUT2D eigenvalue weighted by Crippen LogP contribution is 2.36. The molecule has 141 valence electrons. The Balaban J connectivity index is 1.43. The standard InChI is InChI=1S/C20H22N3O3S/c1-25-17-5-3-4-15(19(17)26-2)21-13-8-10-23(11-9-13)20-22-16-12-14(24)6-7-18(16)27-20/h3-7,12-13,21H,8-11H2,1-2H3. The lowest BCUT2D eigenvalue weighted by atomic mass is 10.0. The molecule has 3 aromatic rings. The molecule has 1 aliphatic rings. The van der Waals surface area contributed by atoms with Crippen molar-refractivity contribution < 1.29 is 14.6 Å². The molecule has 27 heavy (non-hydrogen) atoms. The van der Waals surface area contributed by atoms with Gasteiger partial charge in [-0.2, -0.15) is 0 Å². The zero-order chi connectivity index (χ0) is 18.8. The molecule has 1 saturated heterocycles. The number of hydrogen-bond acceptors (Lipinski definition) is 6. The van der Waals surface area contributed by atoms with Crippen LogP contribution >= 0.6 is 11.3 Å². The SMILES string of the molecule is COc1cccc(NC2CCN(c3nc4cc([O])ccc4s3)CC2)c1OC. The van der Waals surface area contributed by atoms with Gasteiger partial charge in [-0.1, -0.05) is 17.4 Å². The van der Waals surface area contributed by atoms with Crippen LogP contribution in [0.3, 0.4) is 0 Å². The molecule has 0 bridgehead atoms. The van der Waals surface area contributed by atoms with Gasteiger partial charge in [0.15, 0.2) is 22.4 Å². The summed E-state index contributed by atoms with van der Waals surface area (Å²) in [5, 5.41) is 16.1. The van der Waals surface area contributed by atoms with Gasteiger partial charge < -0.3 is 19.7 Å². The molecule has 6 nitrogen and oxygen atoms in total. The molecular formula is C20H22N3O3S. The van der Waals surface area contributed by atoms with Gasteiger partial charge in [-0.25, -0.2) is 4.98 Å². The van der Waals surface area contributed by atoms with Crippen LogP contribution in [-0.2, 0) is 5.11 Å². The third-order valence-corrected chi connectivity index (χ3v) is 5.97. The van der Waals surface area contributed by atoms with E-state index < -0.39 is 0 Å². The van der Waals surface area contributed by atoms with Crippen LogP contribution in [0, 0.1) is 0 Å². The molecule has 0 atom stereocenters. The van der Waals surface area contributed by atoms with E-state index in [9.17, 15) is 5.11 Å². The maximum atomic E-state index is 11.5. The predicted octanol–water partition coefficient (Wildman–Crippen LogP) is 4.54. The van der Waals surface area contributed by atoms with Crippen molar-refractivity contribution in [3.8, 4) is 17.2 Å². The summed E-state index contributed by atoms with van der Waals surface area (Å²) in [7, 11) is 3.31. The van der Waals surface area contributed by atoms with Gasteiger partial charge in [-0.3, -0.25) is 5.11 Å². The molecule has 0 amide bonds. The van der Waals surface area contributed by atoms with Crippen molar-refractivity contribution in [2.24, 2.45) is 0 Å². The normalized spacial score (nSPS) is 15.1. The fraction of sp³-hybridized carbons (Fsp3) is 0.350. The van der Waals surface area contributed by atoms with Crippen LogP contribution in [-0.4, -0.2) is 38.3 Å². The summed E-state index contributed by atoms with van der Waals surface area (Å²) in [6.07, 6.45) is 2.01. The Labute approximate surface area is 162 Å². The summed E-state index contributed by atoms with van der Waals surface area (Å²) in [4.78, 5) is 6.95. The first kappa shape index (κ1) is 17.7. The monoisotopic (exact) mass is 384 g/mol. The number of hydrogen-bond donors (Lipinski definition) is 1. The Bertz CT molecular complexity index is 935. The lowest BCUT2D eigenvalue weighted by Crippen LogP contribution is -2.39. The molecule has 7 heteroatoms. The van der Waals surface area contributed by atoms with Gasteiger partial charge in [0.25, 0.3) is 0 Å². The van der Waals surface area contributed by atoms with E-state index in [0.717, 1.165) is 58.5 Å². The smallest absolute Gasteiger partial charge is 0.186 e. The van der Waals surface area contributed by atoms with Crippen LogP contribution in [0.15, 0.2) is 36.4 Å². The first-order valence-corrected chi connectivity index (χ1v) is 9.79. The number of nitrogens with zero attached hydrogens (tertiary/aromatic N) is 2. The molecule has 2 heterocycles. The summed E-state index contributed by atoms with van der Waals surface area (Å²) in [6.45, 7) is 1.85. The van der Waals surface area contributed by atoms with Crippen molar-refractivity contribution in [2.75, 3.05) is 37.5 Å². The summed E-state index contributed by atoms with van der Waals surface area (Å²) in [6, 6.07) is 11.3. The molecule has 0 aliphatic carbocycles. The second kappa shape index (κ2) is 7.52. The largest absolute Gasteiger partial charge is 0.493 e. The number of ether oxygens (including phenoxy) is 2. The Kier molecular flexibility index (Phi) is 4.94. The van der Waals surface area contributed by atoms with Gasteiger partial charge in [-0.15, -0.1) is 0 Å². The fourth-order valence-corrected chi connectivity index (χ4v) is 4.46. The zero-order valence-corrected chi connectivity index (χ0v) is 16.2. The second-order valence-corrected chi connectivity index (χ2v) is 7.58. The van der Waals surface area contributed by atoms with E-state index in [1.807, 2.05) is 24.3 Å². The molecule has 1 aliphatic heterocycles. The molecule has 1 aromatic heterocycles. The van der Waals surface area contributed by atoms with Crippen molar-refractivity contribution in [3.05, 3.63) is 36.4 Å². The first-order valence-electron chi connectivity index (χ1n) is 8.98.